The lowest BCUT2D eigenvalue weighted by Gasteiger charge is -2.05. The van der Waals surface area contributed by atoms with Gasteiger partial charge < -0.3 is 10.3 Å². The van der Waals surface area contributed by atoms with Gasteiger partial charge >= 0.3 is 0 Å². The molecule has 0 atom stereocenters. The van der Waals surface area contributed by atoms with Crippen LogP contribution in [0, 0.1) is 0 Å². The number of aromatic nitrogens is 1. The molecule has 96 valence electrons. The molecule has 0 aliphatic rings. The lowest BCUT2D eigenvalue weighted by Crippen LogP contribution is -1.97. The molecule has 1 heterocycles. The summed E-state index contributed by atoms with van der Waals surface area (Å²) in [5, 5.41) is 0. The lowest BCUT2D eigenvalue weighted by atomic mass is 10.3. The summed E-state index contributed by atoms with van der Waals surface area (Å²) in [6, 6.07) is 11.9. The molecule has 0 amide bonds. The van der Waals surface area contributed by atoms with Crippen molar-refractivity contribution in [2.75, 3.05) is 5.73 Å². The molecule has 19 heavy (non-hydrogen) atoms. The SMILES string of the molecule is C/C=C/C=C\C=Nc1ccn(-c2ccccc2)c1N. The molecule has 0 spiro atoms. The molecule has 1 aromatic carbocycles. The van der Waals surface area contributed by atoms with E-state index in [4.69, 9.17) is 5.73 Å². The smallest absolute Gasteiger partial charge is 0.134 e. The quantitative estimate of drug-likeness (QED) is 0.650. The average molecular weight is 251 g/mol. The Balaban J connectivity index is 2.19. The van der Waals surface area contributed by atoms with Crippen molar-refractivity contribution in [3.8, 4) is 5.69 Å². The summed E-state index contributed by atoms with van der Waals surface area (Å²) in [6.45, 7) is 1.97. The van der Waals surface area contributed by atoms with Crippen LogP contribution in [0.5, 0.6) is 0 Å². The highest BCUT2D eigenvalue weighted by molar-refractivity contribution is 5.78. The van der Waals surface area contributed by atoms with Gasteiger partial charge in [-0.1, -0.05) is 36.4 Å². The first-order valence-corrected chi connectivity index (χ1v) is 6.17. The number of para-hydroxylation sites is 1. The summed E-state index contributed by atoms with van der Waals surface area (Å²) >= 11 is 0. The Kier molecular flexibility index (Phi) is 4.34. The second-order valence-electron chi connectivity index (χ2n) is 3.98. The molecule has 1 aromatic heterocycles. The van der Waals surface area contributed by atoms with Gasteiger partial charge in [0.2, 0.25) is 0 Å². The number of aliphatic imine (C=N–C) groups is 1. The van der Waals surface area contributed by atoms with Gasteiger partial charge in [-0.05, 0) is 31.2 Å². The zero-order valence-corrected chi connectivity index (χ0v) is 10.9. The van der Waals surface area contributed by atoms with E-state index in [2.05, 4.69) is 4.99 Å². The molecule has 0 fully saturated rings. The van der Waals surface area contributed by atoms with E-state index >= 15 is 0 Å². The van der Waals surface area contributed by atoms with E-state index in [1.807, 2.05) is 78.4 Å². The minimum absolute atomic E-state index is 0.641. The predicted molar refractivity (Wildman–Crippen MR) is 82.3 cm³/mol. The number of rotatable bonds is 4. The number of nitrogen functional groups attached to an aromatic ring is 1. The van der Waals surface area contributed by atoms with Gasteiger partial charge in [0.05, 0.1) is 0 Å². The van der Waals surface area contributed by atoms with Crippen molar-refractivity contribution < 1.29 is 0 Å². The number of allylic oxidation sites excluding steroid dienone is 4. The Hall–Kier alpha value is -2.55. The summed E-state index contributed by atoms with van der Waals surface area (Å²) in [4.78, 5) is 4.33. The Morgan fingerprint density at radius 1 is 1.05 bits per heavy atom. The van der Waals surface area contributed by atoms with Gasteiger partial charge in [0.25, 0.3) is 0 Å². The van der Waals surface area contributed by atoms with Crippen LogP contribution in [0.2, 0.25) is 0 Å². The maximum atomic E-state index is 6.09. The monoisotopic (exact) mass is 251 g/mol. The van der Waals surface area contributed by atoms with Gasteiger partial charge in [-0.15, -0.1) is 0 Å². The molecular formula is C16H17N3. The molecule has 3 nitrogen and oxygen atoms in total. The summed E-state index contributed by atoms with van der Waals surface area (Å²) in [5.41, 5.74) is 7.89. The molecule has 0 aliphatic carbocycles. The number of hydrogen-bond acceptors (Lipinski definition) is 2. The van der Waals surface area contributed by atoms with E-state index in [1.165, 1.54) is 0 Å². The zero-order chi connectivity index (χ0) is 13.5. The van der Waals surface area contributed by atoms with Crippen molar-refractivity contribution in [3.63, 3.8) is 0 Å². The van der Waals surface area contributed by atoms with E-state index in [0.717, 1.165) is 11.4 Å². The van der Waals surface area contributed by atoms with Gasteiger partial charge in [-0.2, -0.15) is 0 Å². The maximum Gasteiger partial charge on any atom is 0.134 e. The zero-order valence-electron chi connectivity index (χ0n) is 10.9. The molecule has 0 radical (unpaired) electrons. The highest BCUT2D eigenvalue weighted by atomic mass is 15.1. The molecule has 0 bridgehead atoms. The molecule has 3 heteroatoms. The van der Waals surface area contributed by atoms with Crippen LogP contribution in [0.4, 0.5) is 11.5 Å². The molecule has 0 aliphatic heterocycles. The van der Waals surface area contributed by atoms with Crippen LogP contribution in [0.1, 0.15) is 6.92 Å². The van der Waals surface area contributed by atoms with Crippen LogP contribution in [0.25, 0.3) is 5.69 Å². The van der Waals surface area contributed by atoms with Gasteiger partial charge in [0, 0.05) is 18.1 Å². The number of benzene rings is 1. The van der Waals surface area contributed by atoms with E-state index < -0.39 is 0 Å². The van der Waals surface area contributed by atoms with Crippen molar-refractivity contribution in [1.82, 2.24) is 4.57 Å². The van der Waals surface area contributed by atoms with Gasteiger partial charge in [-0.3, -0.25) is 4.99 Å². The molecule has 2 aromatic rings. The molecular weight excluding hydrogens is 234 g/mol. The van der Waals surface area contributed by atoms with Crippen LogP contribution in [-0.2, 0) is 0 Å². The molecule has 0 saturated carbocycles. The molecule has 2 rings (SSSR count). The van der Waals surface area contributed by atoms with Crippen molar-refractivity contribution >= 4 is 17.7 Å². The summed E-state index contributed by atoms with van der Waals surface area (Å²) < 4.78 is 1.92. The second-order valence-corrected chi connectivity index (χ2v) is 3.98. The summed E-state index contributed by atoms with van der Waals surface area (Å²) in [5.74, 6) is 0.641. The molecule has 2 N–H and O–H groups in total. The van der Waals surface area contributed by atoms with Crippen LogP contribution in [-0.4, -0.2) is 10.8 Å². The van der Waals surface area contributed by atoms with Crippen LogP contribution >= 0.6 is 0 Å². The first-order valence-electron chi connectivity index (χ1n) is 6.17. The fourth-order valence-electron chi connectivity index (χ4n) is 1.71. The third-order valence-electron chi connectivity index (χ3n) is 2.65. The van der Waals surface area contributed by atoms with Crippen molar-refractivity contribution in [2.24, 2.45) is 4.99 Å². The minimum Gasteiger partial charge on any atom is -0.383 e. The average Bonchev–Trinajstić information content (AvgIpc) is 2.81. The summed E-state index contributed by atoms with van der Waals surface area (Å²) in [6.07, 6.45) is 11.4. The summed E-state index contributed by atoms with van der Waals surface area (Å²) in [7, 11) is 0. The van der Waals surface area contributed by atoms with Crippen molar-refractivity contribution in [1.29, 1.82) is 0 Å². The van der Waals surface area contributed by atoms with Crippen molar-refractivity contribution in [2.45, 2.75) is 6.92 Å². The maximum absolute atomic E-state index is 6.09. The van der Waals surface area contributed by atoms with E-state index in [1.54, 1.807) is 6.21 Å². The third kappa shape index (κ3) is 3.22. The van der Waals surface area contributed by atoms with Crippen LogP contribution < -0.4 is 5.73 Å². The first-order chi connectivity index (χ1) is 9.33. The highest BCUT2D eigenvalue weighted by Crippen LogP contribution is 2.26. The van der Waals surface area contributed by atoms with E-state index in [9.17, 15) is 0 Å². The molecule has 0 unspecified atom stereocenters. The topological polar surface area (TPSA) is 43.3 Å². The standard InChI is InChI=1S/C16H17N3/c1-2-3-4-8-12-18-15-11-13-19(16(15)17)14-9-6-5-7-10-14/h2-13H,17H2,1H3/b3-2+,8-4-,18-12?. The number of hydrogen-bond donors (Lipinski definition) is 1. The molecule has 0 saturated heterocycles. The Bertz CT molecular complexity index is 604. The second kappa shape index (κ2) is 6.40. The fourth-order valence-corrected chi connectivity index (χ4v) is 1.71. The van der Waals surface area contributed by atoms with E-state index in [-0.39, 0.29) is 0 Å². The predicted octanol–water partition coefficient (Wildman–Crippen LogP) is 3.89. The Morgan fingerprint density at radius 3 is 2.58 bits per heavy atom. The van der Waals surface area contributed by atoms with E-state index in [0.29, 0.717) is 5.82 Å². The van der Waals surface area contributed by atoms with Gasteiger partial charge in [0.15, 0.2) is 0 Å². The minimum atomic E-state index is 0.641. The third-order valence-corrected chi connectivity index (χ3v) is 2.65. The fraction of sp³-hybridized carbons (Fsp3) is 0.0625. The Labute approximate surface area is 113 Å². The van der Waals surface area contributed by atoms with Gasteiger partial charge in [0.1, 0.15) is 11.5 Å². The normalized spacial score (nSPS) is 12.1. The number of anilines is 1. The van der Waals surface area contributed by atoms with Crippen molar-refractivity contribution in [3.05, 3.63) is 66.9 Å². The van der Waals surface area contributed by atoms with Crippen LogP contribution in [0.3, 0.4) is 0 Å². The largest absolute Gasteiger partial charge is 0.383 e. The lowest BCUT2D eigenvalue weighted by molar-refractivity contribution is 1.09. The number of nitrogens with two attached hydrogens (primary N) is 1. The number of nitrogens with zero attached hydrogens (tertiary/aromatic N) is 2. The Morgan fingerprint density at radius 2 is 1.84 bits per heavy atom. The highest BCUT2D eigenvalue weighted by Gasteiger charge is 2.04. The van der Waals surface area contributed by atoms with Gasteiger partial charge in [-0.25, -0.2) is 0 Å². The first kappa shape index (κ1) is 12.9. The van der Waals surface area contributed by atoms with Crippen LogP contribution in [0.15, 0.2) is 71.9 Å².